The van der Waals surface area contributed by atoms with Crippen LogP contribution in [0.2, 0.25) is 0 Å². The Labute approximate surface area is 72.7 Å². The van der Waals surface area contributed by atoms with Crippen LogP contribution in [0.1, 0.15) is 27.2 Å². The van der Waals surface area contributed by atoms with Crippen LogP contribution in [-0.2, 0) is 9.59 Å². The Bertz CT molecular complexity index is 199. The van der Waals surface area contributed by atoms with E-state index in [9.17, 15) is 9.59 Å². The van der Waals surface area contributed by atoms with Crippen LogP contribution in [0.4, 0.5) is 0 Å². The fourth-order valence-electron chi connectivity index (χ4n) is 0.714. The van der Waals surface area contributed by atoms with Gasteiger partial charge in [0.1, 0.15) is 5.54 Å². The summed E-state index contributed by atoms with van der Waals surface area (Å²) >= 11 is 0. The summed E-state index contributed by atoms with van der Waals surface area (Å²) in [4.78, 5) is 23.5. The summed E-state index contributed by atoms with van der Waals surface area (Å²) in [5.41, 5.74) is 4.24. The van der Waals surface area contributed by atoms with Crippen LogP contribution >= 0.6 is 0 Å². The normalized spacial score (nSPS) is 11.0. The minimum absolute atomic E-state index is 0.0844. The van der Waals surface area contributed by atoms with Crippen LogP contribution in [0.15, 0.2) is 0 Å². The number of hydrogen-bond acceptors (Lipinski definition) is 2. The van der Waals surface area contributed by atoms with E-state index in [1.54, 1.807) is 27.8 Å². The smallest absolute Gasteiger partial charge is 0.242 e. The minimum atomic E-state index is -0.896. The molecule has 0 heterocycles. The number of carbonyl (C=O) groups excluding carboxylic acids is 2. The summed E-state index contributed by atoms with van der Waals surface area (Å²) in [6, 6.07) is 0. The molecular formula is C8H16N2O2. The van der Waals surface area contributed by atoms with Gasteiger partial charge in [-0.2, -0.15) is 0 Å². The van der Waals surface area contributed by atoms with Crippen LogP contribution in [0, 0.1) is 0 Å². The molecule has 12 heavy (non-hydrogen) atoms. The van der Waals surface area contributed by atoms with Crippen molar-refractivity contribution in [3.8, 4) is 0 Å². The molecule has 0 unspecified atom stereocenters. The third kappa shape index (κ3) is 1.96. The fraction of sp³-hybridized carbons (Fsp3) is 0.750. The molecule has 2 amide bonds. The molecule has 0 radical (unpaired) electrons. The molecule has 0 aliphatic heterocycles. The van der Waals surface area contributed by atoms with E-state index in [4.69, 9.17) is 5.73 Å². The van der Waals surface area contributed by atoms with Gasteiger partial charge >= 0.3 is 0 Å². The fourth-order valence-corrected chi connectivity index (χ4v) is 0.714. The summed E-state index contributed by atoms with van der Waals surface area (Å²) in [5.74, 6) is -0.578. The molecule has 0 aliphatic rings. The highest BCUT2D eigenvalue weighted by atomic mass is 16.2. The lowest BCUT2D eigenvalue weighted by atomic mass is 10.0. The Morgan fingerprint density at radius 2 is 1.83 bits per heavy atom. The quantitative estimate of drug-likeness (QED) is 0.657. The SMILES string of the molecule is CCC(=O)N(C)C(C)(C)C(N)=O. The third-order valence-corrected chi connectivity index (χ3v) is 2.12. The monoisotopic (exact) mass is 172 g/mol. The van der Waals surface area contributed by atoms with Gasteiger partial charge in [0.05, 0.1) is 0 Å². The molecule has 0 fully saturated rings. The highest BCUT2D eigenvalue weighted by molar-refractivity contribution is 5.89. The molecule has 0 bridgehead atoms. The third-order valence-electron chi connectivity index (χ3n) is 2.12. The number of hydrogen-bond donors (Lipinski definition) is 1. The molecule has 4 nitrogen and oxygen atoms in total. The van der Waals surface area contributed by atoms with Crippen molar-refractivity contribution in [1.82, 2.24) is 4.90 Å². The van der Waals surface area contributed by atoms with Crippen molar-refractivity contribution in [1.29, 1.82) is 0 Å². The summed E-state index contributed by atoms with van der Waals surface area (Å²) in [5, 5.41) is 0. The van der Waals surface area contributed by atoms with Crippen molar-refractivity contribution in [2.45, 2.75) is 32.7 Å². The first-order chi connectivity index (χ1) is 5.34. The molecule has 0 spiro atoms. The van der Waals surface area contributed by atoms with Crippen molar-refractivity contribution in [2.24, 2.45) is 5.73 Å². The van der Waals surface area contributed by atoms with Gasteiger partial charge in [-0.05, 0) is 13.8 Å². The second kappa shape index (κ2) is 3.56. The Morgan fingerprint density at radius 1 is 1.42 bits per heavy atom. The van der Waals surface area contributed by atoms with Crippen LogP contribution in [0.3, 0.4) is 0 Å². The van der Waals surface area contributed by atoms with Gasteiger partial charge in [0.15, 0.2) is 0 Å². The second-order valence-corrected chi connectivity index (χ2v) is 3.23. The molecule has 0 aromatic carbocycles. The van der Waals surface area contributed by atoms with Crippen LogP contribution < -0.4 is 5.73 Å². The molecule has 0 aliphatic carbocycles. The van der Waals surface area contributed by atoms with E-state index < -0.39 is 11.4 Å². The van der Waals surface area contributed by atoms with Crippen molar-refractivity contribution >= 4 is 11.8 Å². The number of primary amides is 1. The molecule has 70 valence electrons. The first-order valence-electron chi connectivity index (χ1n) is 3.90. The van der Waals surface area contributed by atoms with Gasteiger partial charge in [-0.15, -0.1) is 0 Å². The lowest BCUT2D eigenvalue weighted by Gasteiger charge is -2.32. The topological polar surface area (TPSA) is 63.4 Å². The number of nitrogens with two attached hydrogens (primary N) is 1. The first kappa shape index (κ1) is 10.9. The van der Waals surface area contributed by atoms with Gasteiger partial charge in [0, 0.05) is 13.5 Å². The maximum absolute atomic E-state index is 11.2. The number of rotatable bonds is 3. The van der Waals surface area contributed by atoms with Crippen molar-refractivity contribution in [2.75, 3.05) is 7.05 Å². The van der Waals surface area contributed by atoms with E-state index in [0.717, 1.165) is 0 Å². The molecule has 2 N–H and O–H groups in total. The Hall–Kier alpha value is -1.06. The van der Waals surface area contributed by atoms with E-state index in [2.05, 4.69) is 0 Å². The molecular weight excluding hydrogens is 156 g/mol. The first-order valence-corrected chi connectivity index (χ1v) is 3.90. The highest BCUT2D eigenvalue weighted by Gasteiger charge is 2.32. The Morgan fingerprint density at radius 3 is 2.08 bits per heavy atom. The van der Waals surface area contributed by atoms with Gasteiger partial charge < -0.3 is 10.6 Å². The van der Waals surface area contributed by atoms with Gasteiger partial charge in [0.25, 0.3) is 0 Å². The zero-order valence-electron chi connectivity index (χ0n) is 8.05. The van der Waals surface area contributed by atoms with Crippen LogP contribution in [0.5, 0.6) is 0 Å². The van der Waals surface area contributed by atoms with E-state index in [1.807, 2.05) is 0 Å². The van der Waals surface area contributed by atoms with E-state index in [-0.39, 0.29) is 5.91 Å². The molecule has 0 aromatic heterocycles. The zero-order chi connectivity index (χ0) is 9.94. The lowest BCUT2D eigenvalue weighted by Crippen LogP contribution is -2.53. The summed E-state index contributed by atoms with van der Waals surface area (Å²) in [7, 11) is 1.58. The summed E-state index contributed by atoms with van der Waals surface area (Å²) < 4.78 is 0. The molecule has 0 saturated heterocycles. The van der Waals surface area contributed by atoms with Crippen molar-refractivity contribution in [3.05, 3.63) is 0 Å². The number of amides is 2. The second-order valence-electron chi connectivity index (χ2n) is 3.23. The summed E-state index contributed by atoms with van der Waals surface area (Å²) in [6.07, 6.45) is 0.382. The van der Waals surface area contributed by atoms with Crippen molar-refractivity contribution < 1.29 is 9.59 Å². The van der Waals surface area contributed by atoms with E-state index in [0.29, 0.717) is 6.42 Å². The van der Waals surface area contributed by atoms with Crippen molar-refractivity contribution in [3.63, 3.8) is 0 Å². The number of likely N-dealkylation sites (N-methyl/N-ethyl adjacent to an activating group) is 1. The maximum Gasteiger partial charge on any atom is 0.242 e. The zero-order valence-corrected chi connectivity index (χ0v) is 8.05. The molecule has 0 aromatic rings. The standard InChI is InChI=1S/C8H16N2O2/c1-5-6(11)10(4)8(2,3)7(9)12/h5H2,1-4H3,(H2,9,12). The lowest BCUT2D eigenvalue weighted by molar-refractivity contribution is -0.142. The summed E-state index contributed by atoms with van der Waals surface area (Å²) in [6.45, 7) is 5.00. The molecule has 0 saturated carbocycles. The minimum Gasteiger partial charge on any atom is -0.368 e. The largest absolute Gasteiger partial charge is 0.368 e. The van der Waals surface area contributed by atoms with Gasteiger partial charge in [-0.1, -0.05) is 6.92 Å². The Balaban J connectivity index is 4.56. The molecule has 4 heteroatoms. The van der Waals surface area contributed by atoms with Crippen LogP contribution in [-0.4, -0.2) is 29.3 Å². The maximum atomic E-state index is 11.2. The van der Waals surface area contributed by atoms with E-state index in [1.165, 1.54) is 4.90 Å². The highest BCUT2D eigenvalue weighted by Crippen LogP contribution is 2.12. The average molecular weight is 172 g/mol. The molecule has 0 atom stereocenters. The number of nitrogens with zero attached hydrogens (tertiary/aromatic N) is 1. The van der Waals surface area contributed by atoms with Crippen LogP contribution in [0.25, 0.3) is 0 Å². The van der Waals surface area contributed by atoms with Gasteiger partial charge in [0.2, 0.25) is 11.8 Å². The predicted octanol–water partition coefficient (Wildman–Crippen LogP) is 0.119. The Kier molecular flexibility index (Phi) is 3.24. The van der Waals surface area contributed by atoms with Gasteiger partial charge in [-0.3, -0.25) is 9.59 Å². The predicted molar refractivity (Wildman–Crippen MR) is 46.3 cm³/mol. The average Bonchev–Trinajstić information content (AvgIpc) is 2.01. The molecule has 0 rings (SSSR count). The van der Waals surface area contributed by atoms with Gasteiger partial charge in [-0.25, -0.2) is 0 Å². The van der Waals surface area contributed by atoms with E-state index >= 15 is 0 Å². The number of carbonyl (C=O) groups is 2.